The minimum Gasteiger partial charge on any atom is -0.375 e. The highest BCUT2D eigenvalue weighted by Gasteiger charge is 2.30. The SMILES string of the molecule is C[C@@H]1Cc2ccccc2N1C(=O)CNc1ccccc1C(=O)NCc1ccccc1. The molecule has 1 heterocycles. The van der Waals surface area contributed by atoms with Crippen LogP contribution in [0.5, 0.6) is 0 Å². The predicted molar refractivity (Wildman–Crippen MR) is 120 cm³/mol. The van der Waals surface area contributed by atoms with Crippen LogP contribution in [-0.2, 0) is 17.8 Å². The van der Waals surface area contributed by atoms with E-state index in [0.29, 0.717) is 17.8 Å². The van der Waals surface area contributed by atoms with Gasteiger partial charge in [0.15, 0.2) is 0 Å². The van der Waals surface area contributed by atoms with Gasteiger partial charge in [-0.15, -0.1) is 0 Å². The first-order valence-electron chi connectivity index (χ1n) is 10.2. The average molecular weight is 399 g/mol. The summed E-state index contributed by atoms with van der Waals surface area (Å²) in [6.07, 6.45) is 0.862. The molecule has 3 aromatic rings. The zero-order valence-corrected chi connectivity index (χ0v) is 17.0. The van der Waals surface area contributed by atoms with Crippen LogP contribution in [0.15, 0.2) is 78.9 Å². The van der Waals surface area contributed by atoms with Crippen LogP contribution in [-0.4, -0.2) is 24.4 Å². The molecular formula is C25H25N3O2. The Kier molecular flexibility index (Phi) is 5.80. The van der Waals surface area contributed by atoms with Gasteiger partial charge in [-0.2, -0.15) is 0 Å². The Hall–Kier alpha value is -3.60. The van der Waals surface area contributed by atoms with E-state index in [9.17, 15) is 9.59 Å². The predicted octanol–water partition coefficient (Wildman–Crippen LogP) is 4.01. The Morgan fingerprint density at radius 3 is 2.47 bits per heavy atom. The summed E-state index contributed by atoms with van der Waals surface area (Å²) in [7, 11) is 0. The van der Waals surface area contributed by atoms with Crippen LogP contribution < -0.4 is 15.5 Å². The summed E-state index contributed by atoms with van der Waals surface area (Å²) in [6, 6.07) is 25.2. The molecule has 5 nitrogen and oxygen atoms in total. The van der Waals surface area contributed by atoms with Crippen molar-refractivity contribution in [2.75, 3.05) is 16.8 Å². The number of carbonyl (C=O) groups excluding carboxylic acids is 2. The lowest BCUT2D eigenvalue weighted by molar-refractivity contribution is -0.117. The summed E-state index contributed by atoms with van der Waals surface area (Å²) in [5.74, 6) is -0.179. The van der Waals surface area contributed by atoms with Gasteiger partial charge in [0.25, 0.3) is 5.91 Å². The van der Waals surface area contributed by atoms with Crippen molar-refractivity contribution in [3.63, 3.8) is 0 Å². The lowest BCUT2D eigenvalue weighted by atomic mass is 10.1. The maximum Gasteiger partial charge on any atom is 0.253 e. The summed E-state index contributed by atoms with van der Waals surface area (Å²) in [6.45, 7) is 2.64. The maximum atomic E-state index is 12.9. The summed E-state index contributed by atoms with van der Waals surface area (Å²) in [4.78, 5) is 27.5. The number of nitrogens with one attached hydrogen (secondary N) is 2. The number of hydrogen-bond acceptors (Lipinski definition) is 3. The van der Waals surface area contributed by atoms with E-state index in [-0.39, 0.29) is 24.4 Å². The fourth-order valence-electron chi connectivity index (χ4n) is 3.91. The topological polar surface area (TPSA) is 61.4 Å². The lowest BCUT2D eigenvalue weighted by Gasteiger charge is -2.23. The van der Waals surface area contributed by atoms with Crippen molar-refractivity contribution in [1.29, 1.82) is 0 Å². The van der Waals surface area contributed by atoms with Crippen molar-refractivity contribution >= 4 is 23.2 Å². The molecule has 1 aliphatic heterocycles. The van der Waals surface area contributed by atoms with Gasteiger partial charge < -0.3 is 15.5 Å². The molecule has 0 unspecified atom stereocenters. The third-order valence-electron chi connectivity index (χ3n) is 5.37. The van der Waals surface area contributed by atoms with Crippen molar-refractivity contribution < 1.29 is 9.59 Å². The molecular weight excluding hydrogens is 374 g/mol. The third-order valence-corrected chi connectivity index (χ3v) is 5.37. The van der Waals surface area contributed by atoms with Gasteiger partial charge in [0.05, 0.1) is 12.1 Å². The van der Waals surface area contributed by atoms with Gasteiger partial charge in [-0.05, 0) is 42.7 Å². The highest BCUT2D eigenvalue weighted by molar-refractivity contribution is 6.02. The molecule has 2 amide bonds. The van der Waals surface area contributed by atoms with Gasteiger partial charge >= 0.3 is 0 Å². The normalized spacial score (nSPS) is 14.8. The number of fused-ring (bicyclic) bond motifs is 1. The molecule has 2 N–H and O–H groups in total. The van der Waals surface area contributed by atoms with Crippen LogP contribution in [0.4, 0.5) is 11.4 Å². The van der Waals surface area contributed by atoms with E-state index in [0.717, 1.165) is 17.7 Å². The van der Waals surface area contributed by atoms with Crippen molar-refractivity contribution in [2.45, 2.75) is 25.9 Å². The number of hydrogen-bond donors (Lipinski definition) is 2. The molecule has 0 saturated carbocycles. The van der Waals surface area contributed by atoms with E-state index in [1.165, 1.54) is 5.56 Å². The molecule has 0 saturated heterocycles. The van der Waals surface area contributed by atoms with E-state index in [1.54, 1.807) is 6.07 Å². The van der Waals surface area contributed by atoms with Crippen molar-refractivity contribution in [1.82, 2.24) is 5.32 Å². The summed E-state index contributed by atoms with van der Waals surface area (Å²) in [5, 5.41) is 6.11. The Morgan fingerprint density at radius 1 is 0.933 bits per heavy atom. The van der Waals surface area contributed by atoms with Crippen LogP contribution in [0, 0.1) is 0 Å². The van der Waals surface area contributed by atoms with Crippen molar-refractivity contribution in [2.24, 2.45) is 0 Å². The third kappa shape index (κ3) is 4.20. The first kappa shape index (κ1) is 19.7. The Bertz CT molecular complexity index is 1050. The summed E-state index contributed by atoms with van der Waals surface area (Å²) >= 11 is 0. The number of anilines is 2. The smallest absolute Gasteiger partial charge is 0.253 e. The van der Waals surface area contributed by atoms with E-state index in [1.807, 2.05) is 71.6 Å². The van der Waals surface area contributed by atoms with Gasteiger partial charge in [0, 0.05) is 24.0 Å². The lowest BCUT2D eigenvalue weighted by Crippen LogP contribution is -2.39. The summed E-state index contributed by atoms with van der Waals surface area (Å²) in [5.41, 5.74) is 4.38. The largest absolute Gasteiger partial charge is 0.375 e. The fourth-order valence-corrected chi connectivity index (χ4v) is 3.91. The minimum absolute atomic E-state index is 0.00746. The van der Waals surface area contributed by atoms with Crippen LogP contribution in [0.25, 0.3) is 0 Å². The number of rotatable bonds is 6. The molecule has 0 fully saturated rings. The first-order chi connectivity index (χ1) is 14.6. The van der Waals surface area contributed by atoms with E-state index in [4.69, 9.17) is 0 Å². The highest BCUT2D eigenvalue weighted by atomic mass is 16.2. The first-order valence-corrected chi connectivity index (χ1v) is 10.2. The molecule has 0 aliphatic carbocycles. The number of para-hydroxylation sites is 2. The molecule has 1 atom stereocenters. The second-order valence-electron chi connectivity index (χ2n) is 7.51. The number of nitrogens with zero attached hydrogens (tertiary/aromatic N) is 1. The van der Waals surface area contributed by atoms with Crippen molar-refractivity contribution in [3.8, 4) is 0 Å². The second-order valence-corrected chi connectivity index (χ2v) is 7.51. The molecule has 4 rings (SSSR count). The van der Waals surface area contributed by atoms with Crippen LogP contribution in [0.3, 0.4) is 0 Å². The summed E-state index contributed by atoms with van der Waals surface area (Å²) < 4.78 is 0. The molecule has 30 heavy (non-hydrogen) atoms. The number of benzene rings is 3. The van der Waals surface area contributed by atoms with Crippen molar-refractivity contribution in [3.05, 3.63) is 95.6 Å². The molecule has 152 valence electrons. The molecule has 5 heteroatoms. The molecule has 1 aliphatic rings. The Morgan fingerprint density at radius 2 is 1.63 bits per heavy atom. The van der Waals surface area contributed by atoms with E-state index < -0.39 is 0 Å². The molecule has 0 radical (unpaired) electrons. The minimum atomic E-state index is -0.172. The number of amides is 2. The molecule has 0 bridgehead atoms. The number of carbonyl (C=O) groups is 2. The standard InChI is InChI=1S/C25H25N3O2/c1-18-15-20-11-5-8-14-23(20)28(18)24(29)17-26-22-13-7-6-12-21(22)25(30)27-16-19-9-3-2-4-10-19/h2-14,18,26H,15-17H2,1H3,(H,27,30)/t18-/m1/s1. The Labute approximate surface area is 176 Å². The quantitative estimate of drug-likeness (QED) is 0.658. The zero-order chi connectivity index (χ0) is 20.9. The highest BCUT2D eigenvalue weighted by Crippen LogP contribution is 2.31. The van der Waals surface area contributed by atoms with Gasteiger partial charge in [-0.3, -0.25) is 9.59 Å². The van der Waals surface area contributed by atoms with Gasteiger partial charge in [0.1, 0.15) is 0 Å². The molecule has 3 aromatic carbocycles. The van der Waals surface area contributed by atoms with E-state index in [2.05, 4.69) is 23.6 Å². The van der Waals surface area contributed by atoms with Gasteiger partial charge in [-0.1, -0.05) is 60.7 Å². The van der Waals surface area contributed by atoms with Crippen LogP contribution >= 0.6 is 0 Å². The van der Waals surface area contributed by atoms with Gasteiger partial charge in [0.2, 0.25) is 5.91 Å². The molecule has 0 spiro atoms. The average Bonchev–Trinajstić information content (AvgIpc) is 3.12. The maximum absolute atomic E-state index is 12.9. The Balaban J connectivity index is 1.42. The van der Waals surface area contributed by atoms with Crippen LogP contribution in [0.2, 0.25) is 0 Å². The van der Waals surface area contributed by atoms with Gasteiger partial charge in [-0.25, -0.2) is 0 Å². The second kappa shape index (κ2) is 8.82. The fraction of sp³-hybridized carbons (Fsp3) is 0.200. The van der Waals surface area contributed by atoms with E-state index >= 15 is 0 Å². The monoisotopic (exact) mass is 399 g/mol. The molecule has 0 aromatic heterocycles. The van der Waals surface area contributed by atoms with Crippen LogP contribution in [0.1, 0.15) is 28.4 Å². The zero-order valence-electron chi connectivity index (χ0n) is 17.0.